The second-order valence-electron chi connectivity index (χ2n) is 10.7. The molecule has 3 aromatic carbocycles. The molecule has 4 bridgehead atoms. The SMILES string of the molecule is Cc1snc2c1C(=O)NC(N)=NCc1cc(Cl)c(c(Cl)c1)NC(=O)CN(Cc1ccccc1)CCC/C=C/COc1ccc-2cc1. The highest BCUT2D eigenvalue weighted by molar-refractivity contribution is 7.06. The number of aromatic nitrogens is 1. The predicted molar refractivity (Wildman–Crippen MR) is 186 cm³/mol. The van der Waals surface area contributed by atoms with Gasteiger partial charge in [-0.15, -0.1) is 0 Å². The van der Waals surface area contributed by atoms with Gasteiger partial charge in [-0.1, -0.05) is 65.7 Å². The Kier molecular flexibility index (Phi) is 11.4. The van der Waals surface area contributed by atoms with E-state index in [9.17, 15) is 9.59 Å². The van der Waals surface area contributed by atoms with Crippen molar-refractivity contribution in [3.05, 3.63) is 110 Å². The lowest BCUT2D eigenvalue weighted by Gasteiger charge is -2.22. The molecule has 0 atom stereocenters. The molecule has 0 saturated carbocycles. The van der Waals surface area contributed by atoms with Crippen LogP contribution in [0.4, 0.5) is 5.69 Å². The van der Waals surface area contributed by atoms with E-state index in [2.05, 4.69) is 31.0 Å². The van der Waals surface area contributed by atoms with Crippen LogP contribution in [0.3, 0.4) is 0 Å². The maximum absolute atomic E-state index is 13.2. The van der Waals surface area contributed by atoms with Crippen molar-refractivity contribution in [3.8, 4) is 17.0 Å². The first-order chi connectivity index (χ1) is 22.3. The van der Waals surface area contributed by atoms with E-state index in [-0.39, 0.29) is 35.0 Å². The first-order valence-corrected chi connectivity index (χ1v) is 16.3. The zero-order valence-electron chi connectivity index (χ0n) is 25.3. The first kappa shape index (κ1) is 33.2. The van der Waals surface area contributed by atoms with Gasteiger partial charge >= 0.3 is 0 Å². The number of guanidine groups is 1. The van der Waals surface area contributed by atoms with E-state index in [1.165, 1.54) is 11.5 Å². The van der Waals surface area contributed by atoms with Gasteiger partial charge in [0, 0.05) is 17.0 Å². The topological polar surface area (TPSA) is 122 Å². The smallest absolute Gasteiger partial charge is 0.261 e. The number of amides is 2. The van der Waals surface area contributed by atoms with Gasteiger partial charge in [0.05, 0.1) is 40.1 Å². The molecule has 0 radical (unpaired) electrons. The highest BCUT2D eigenvalue weighted by Gasteiger charge is 2.21. The quantitative estimate of drug-likeness (QED) is 0.200. The van der Waals surface area contributed by atoms with E-state index in [4.69, 9.17) is 33.7 Å². The van der Waals surface area contributed by atoms with E-state index in [1.54, 1.807) is 12.1 Å². The molecule has 46 heavy (non-hydrogen) atoms. The number of hydrogen-bond donors (Lipinski definition) is 3. The number of benzene rings is 3. The fourth-order valence-corrected chi connectivity index (χ4v) is 6.31. The zero-order chi connectivity index (χ0) is 32.5. The zero-order valence-corrected chi connectivity index (χ0v) is 27.6. The molecule has 4 N–H and O–H groups in total. The van der Waals surface area contributed by atoms with Crippen molar-refractivity contribution in [2.24, 2.45) is 10.7 Å². The van der Waals surface area contributed by atoms with Crippen molar-refractivity contribution in [3.63, 3.8) is 0 Å². The summed E-state index contributed by atoms with van der Waals surface area (Å²) in [6.45, 7) is 3.84. The minimum atomic E-state index is -0.412. The molecular formula is C34H34Cl2N6O3S. The number of nitrogens with two attached hydrogens (primary N) is 1. The number of carbonyl (C=O) groups excluding carboxylic acids is 2. The van der Waals surface area contributed by atoms with Gasteiger partial charge in [-0.2, -0.15) is 4.37 Å². The first-order valence-electron chi connectivity index (χ1n) is 14.8. The average molecular weight is 678 g/mol. The Labute approximate surface area is 282 Å². The van der Waals surface area contributed by atoms with Gasteiger partial charge in [0.1, 0.15) is 12.4 Å². The van der Waals surface area contributed by atoms with E-state index in [0.717, 1.165) is 28.8 Å². The molecule has 4 aliphatic rings. The number of halogens is 2. The lowest BCUT2D eigenvalue weighted by atomic mass is 10.1. The average Bonchev–Trinajstić information content (AvgIpc) is 3.43. The maximum atomic E-state index is 13.2. The van der Waals surface area contributed by atoms with Crippen LogP contribution in [0.1, 0.15) is 39.2 Å². The molecule has 0 fully saturated rings. The number of rotatable bonds is 2. The molecule has 0 spiro atoms. The van der Waals surface area contributed by atoms with Gasteiger partial charge < -0.3 is 15.8 Å². The van der Waals surface area contributed by atoms with Crippen molar-refractivity contribution in [2.75, 3.05) is 25.0 Å². The summed E-state index contributed by atoms with van der Waals surface area (Å²) in [5.74, 6) is -0.00334. The molecule has 0 aliphatic carbocycles. The van der Waals surface area contributed by atoms with Gasteiger partial charge in [-0.3, -0.25) is 19.8 Å². The molecule has 1 aromatic heterocycles. The second-order valence-corrected chi connectivity index (χ2v) is 12.5. The van der Waals surface area contributed by atoms with Crippen LogP contribution in [-0.4, -0.2) is 46.7 Å². The summed E-state index contributed by atoms with van der Waals surface area (Å²) >= 11 is 14.3. The van der Waals surface area contributed by atoms with Crippen LogP contribution in [0.5, 0.6) is 5.75 Å². The molecular weight excluding hydrogens is 643 g/mol. The Hall–Kier alpha value is -4.22. The van der Waals surface area contributed by atoms with Crippen LogP contribution in [0.15, 0.2) is 83.9 Å². The molecule has 4 aromatic rings. The number of aryl methyl sites for hydroxylation is 1. The normalized spacial score (nSPS) is 16.2. The van der Waals surface area contributed by atoms with E-state index < -0.39 is 5.91 Å². The number of anilines is 1. The molecule has 0 saturated heterocycles. The molecule has 2 amide bonds. The third kappa shape index (κ3) is 8.95. The summed E-state index contributed by atoms with van der Waals surface area (Å²) < 4.78 is 10.4. The lowest BCUT2D eigenvalue weighted by Crippen LogP contribution is -2.37. The van der Waals surface area contributed by atoms with Crippen LogP contribution >= 0.6 is 34.7 Å². The number of allylic oxidation sites excluding steroid dienone is 1. The lowest BCUT2D eigenvalue weighted by molar-refractivity contribution is -0.117. The molecule has 8 rings (SSSR count). The fraction of sp³-hybridized carbons (Fsp3) is 0.235. The van der Waals surface area contributed by atoms with Gasteiger partial charge in [0.25, 0.3) is 5.91 Å². The van der Waals surface area contributed by atoms with Crippen molar-refractivity contribution >= 4 is 58.2 Å². The molecule has 4 aliphatic heterocycles. The fourth-order valence-electron chi connectivity index (χ4n) is 4.98. The second kappa shape index (κ2) is 15.9. The Morgan fingerprint density at radius 2 is 1.74 bits per heavy atom. The summed E-state index contributed by atoms with van der Waals surface area (Å²) in [5.41, 5.74) is 9.94. The minimum absolute atomic E-state index is 0.0667. The van der Waals surface area contributed by atoms with E-state index in [1.807, 2.05) is 67.6 Å². The Morgan fingerprint density at radius 3 is 2.48 bits per heavy atom. The summed E-state index contributed by atoms with van der Waals surface area (Å²) in [4.78, 5) is 33.5. The Morgan fingerprint density at radius 1 is 1.00 bits per heavy atom. The van der Waals surface area contributed by atoms with Crippen LogP contribution < -0.4 is 21.1 Å². The third-order valence-electron chi connectivity index (χ3n) is 7.23. The molecule has 9 nitrogen and oxygen atoms in total. The van der Waals surface area contributed by atoms with Crippen molar-refractivity contribution < 1.29 is 14.3 Å². The van der Waals surface area contributed by atoms with Gasteiger partial charge in [0.2, 0.25) is 5.91 Å². The van der Waals surface area contributed by atoms with Gasteiger partial charge in [-0.25, -0.2) is 4.99 Å². The standard InChI is InChI=1S/C34H34Cl2N6O3S/c1-22-30-31(41-46-22)25-11-13-26(14-12-25)45-16-8-3-2-7-15-42(20-23-9-5-4-6-10-23)21-29(43)39-32-27(35)17-24(18-28(32)36)19-38-34(37)40-33(30)44/h3-6,8-14,17-18H,2,7,15-16,19-21H2,1H3,(H,39,43)(H3,37,38,40,44)/b8-3+. The maximum Gasteiger partial charge on any atom is 0.261 e. The predicted octanol–water partition coefficient (Wildman–Crippen LogP) is 6.84. The number of hydrogen-bond acceptors (Lipinski definition) is 8. The number of carbonyl (C=O) groups is 2. The van der Waals surface area contributed by atoms with Crippen molar-refractivity contribution in [1.82, 2.24) is 14.6 Å². The number of aliphatic imine (C=N–C) groups is 1. The van der Waals surface area contributed by atoms with Crippen LogP contribution in [-0.2, 0) is 17.9 Å². The number of nitrogens with zero attached hydrogens (tertiary/aromatic N) is 3. The number of ether oxygens (including phenoxy) is 1. The summed E-state index contributed by atoms with van der Waals surface area (Å²) in [6.07, 6.45) is 5.75. The summed E-state index contributed by atoms with van der Waals surface area (Å²) in [5, 5.41) is 6.08. The van der Waals surface area contributed by atoms with Gasteiger partial charge in [0.15, 0.2) is 5.96 Å². The molecule has 0 unspecified atom stereocenters. The highest BCUT2D eigenvalue weighted by atomic mass is 35.5. The van der Waals surface area contributed by atoms with Gasteiger partial charge in [-0.05, 0) is 85.4 Å². The van der Waals surface area contributed by atoms with Crippen LogP contribution in [0.2, 0.25) is 10.0 Å². The Balaban J connectivity index is 1.38. The van der Waals surface area contributed by atoms with E-state index >= 15 is 0 Å². The summed E-state index contributed by atoms with van der Waals surface area (Å²) in [7, 11) is 0. The molecule has 238 valence electrons. The monoisotopic (exact) mass is 676 g/mol. The van der Waals surface area contributed by atoms with Crippen LogP contribution in [0, 0.1) is 6.92 Å². The number of nitrogens with one attached hydrogen (secondary N) is 2. The largest absolute Gasteiger partial charge is 0.490 e. The van der Waals surface area contributed by atoms with Crippen molar-refractivity contribution in [2.45, 2.75) is 32.9 Å². The Bertz CT molecular complexity index is 1720. The van der Waals surface area contributed by atoms with Crippen molar-refractivity contribution in [1.29, 1.82) is 0 Å². The van der Waals surface area contributed by atoms with Crippen LogP contribution in [0.25, 0.3) is 11.3 Å². The third-order valence-corrected chi connectivity index (χ3v) is 8.58. The minimum Gasteiger partial charge on any atom is -0.490 e. The highest BCUT2D eigenvalue weighted by Crippen LogP contribution is 2.33. The summed E-state index contributed by atoms with van der Waals surface area (Å²) in [6, 6.07) is 20.8. The van der Waals surface area contributed by atoms with E-state index in [0.29, 0.717) is 48.0 Å². The molecule has 12 heteroatoms. The molecule has 5 heterocycles.